The highest BCUT2D eigenvalue weighted by Crippen LogP contribution is 2.13. The molecule has 1 saturated heterocycles. The number of nitrogens with zero attached hydrogens (tertiary/aromatic N) is 1. The van der Waals surface area contributed by atoms with Crippen molar-refractivity contribution in [1.29, 1.82) is 0 Å². The summed E-state index contributed by atoms with van der Waals surface area (Å²) < 4.78 is 10.9. The monoisotopic (exact) mass is 301 g/mol. The zero-order valence-electron chi connectivity index (χ0n) is 12.0. The highest BCUT2D eigenvalue weighted by molar-refractivity contribution is 5.85. The van der Waals surface area contributed by atoms with Crippen molar-refractivity contribution < 1.29 is 14.6 Å². The third-order valence-corrected chi connectivity index (χ3v) is 3.35. The van der Waals surface area contributed by atoms with Gasteiger partial charge in [0.05, 0.1) is 13.2 Å². The summed E-state index contributed by atoms with van der Waals surface area (Å²) >= 11 is 0. The number of aliphatic hydroxyl groups is 1. The average Bonchev–Trinajstić information content (AvgIpc) is 2.47. The topological polar surface area (TPSA) is 41.9 Å². The van der Waals surface area contributed by atoms with Gasteiger partial charge in [0.25, 0.3) is 0 Å². The third kappa shape index (κ3) is 5.67. The van der Waals surface area contributed by atoms with Gasteiger partial charge in [0.1, 0.15) is 18.5 Å². The Morgan fingerprint density at radius 3 is 2.50 bits per heavy atom. The van der Waals surface area contributed by atoms with Gasteiger partial charge in [0, 0.05) is 19.6 Å². The fourth-order valence-electron chi connectivity index (χ4n) is 2.15. The molecule has 1 heterocycles. The number of hydrogen-bond acceptors (Lipinski definition) is 4. The van der Waals surface area contributed by atoms with Gasteiger partial charge in [-0.2, -0.15) is 0 Å². The van der Waals surface area contributed by atoms with Crippen molar-refractivity contribution in [3.05, 3.63) is 29.8 Å². The van der Waals surface area contributed by atoms with Crippen LogP contribution in [-0.4, -0.2) is 55.6 Å². The first-order valence-corrected chi connectivity index (χ1v) is 6.98. The van der Waals surface area contributed by atoms with Crippen LogP contribution in [0.25, 0.3) is 0 Å². The smallest absolute Gasteiger partial charge is 0.119 e. The molecule has 0 spiro atoms. The minimum Gasteiger partial charge on any atom is -0.491 e. The van der Waals surface area contributed by atoms with Crippen LogP contribution in [0.3, 0.4) is 0 Å². The van der Waals surface area contributed by atoms with Gasteiger partial charge >= 0.3 is 0 Å². The Balaban J connectivity index is 0.00000200. The molecule has 0 saturated carbocycles. The Kier molecular flexibility index (Phi) is 7.92. The molecule has 4 nitrogen and oxygen atoms in total. The highest BCUT2D eigenvalue weighted by Gasteiger charge is 2.15. The van der Waals surface area contributed by atoms with Crippen LogP contribution in [0.4, 0.5) is 0 Å². The maximum atomic E-state index is 9.96. The second-order valence-electron chi connectivity index (χ2n) is 4.88. The van der Waals surface area contributed by atoms with Gasteiger partial charge in [0.2, 0.25) is 0 Å². The van der Waals surface area contributed by atoms with E-state index in [0.29, 0.717) is 13.2 Å². The van der Waals surface area contributed by atoms with Crippen LogP contribution in [0, 0.1) is 0 Å². The first-order valence-electron chi connectivity index (χ1n) is 6.98. The van der Waals surface area contributed by atoms with Crippen LogP contribution in [0.5, 0.6) is 5.75 Å². The Morgan fingerprint density at radius 2 is 1.90 bits per heavy atom. The standard InChI is InChI=1S/C15H23NO3.ClH/c1-2-13-3-5-15(6-4-13)19-12-14(17)11-16-7-9-18-10-8-16;/h3-6,14,17H,2,7-12H2,1H3;1H. The number of hydrogen-bond donors (Lipinski definition) is 1. The van der Waals surface area contributed by atoms with E-state index in [9.17, 15) is 5.11 Å². The maximum absolute atomic E-state index is 9.96. The summed E-state index contributed by atoms with van der Waals surface area (Å²) in [7, 11) is 0. The maximum Gasteiger partial charge on any atom is 0.119 e. The Bertz CT molecular complexity index is 366. The lowest BCUT2D eigenvalue weighted by Crippen LogP contribution is -2.42. The molecule has 20 heavy (non-hydrogen) atoms. The summed E-state index contributed by atoms with van der Waals surface area (Å²) in [6.45, 7) is 6.41. The predicted molar refractivity (Wildman–Crippen MR) is 81.8 cm³/mol. The van der Waals surface area contributed by atoms with Gasteiger partial charge < -0.3 is 14.6 Å². The first kappa shape index (κ1) is 17.2. The molecule has 1 fully saturated rings. The minimum atomic E-state index is -0.455. The van der Waals surface area contributed by atoms with Crippen molar-refractivity contribution in [2.45, 2.75) is 19.4 Å². The Labute approximate surface area is 127 Å². The number of β-amino-alcohol motifs (C(OH)–C–C–N with tert-alkyl or cyclic N) is 1. The van der Waals surface area contributed by atoms with E-state index in [1.54, 1.807) is 0 Å². The molecule has 0 bridgehead atoms. The normalized spacial score (nSPS) is 17.3. The molecular weight excluding hydrogens is 278 g/mol. The average molecular weight is 302 g/mol. The van der Waals surface area contributed by atoms with Crippen molar-refractivity contribution in [3.63, 3.8) is 0 Å². The third-order valence-electron chi connectivity index (χ3n) is 3.35. The van der Waals surface area contributed by atoms with E-state index in [1.165, 1.54) is 5.56 Å². The number of aliphatic hydroxyl groups excluding tert-OH is 1. The lowest BCUT2D eigenvalue weighted by atomic mass is 10.2. The van der Waals surface area contributed by atoms with Crippen LogP contribution in [0.15, 0.2) is 24.3 Å². The number of rotatable bonds is 6. The van der Waals surface area contributed by atoms with E-state index in [4.69, 9.17) is 9.47 Å². The SMILES string of the molecule is CCc1ccc(OCC(O)CN2CCOCC2)cc1.Cl. The minimum absolute atomic E-state index is 0. The number of benzene rings is 1. The summed E-state index contributed by atoms with van der Waals surface area (Å²) in [6.07, 6.45) is 0.573. The molecule has 0 amide bonds. The number of halogens is 1. The lowest BCUT2D eigenvalue weighted by molar-refractivity contribution is 0.00465. The molecule has 2 rings (SSSR count). The van der Waals surface area contributed by atoms with E-state index < -0.39 is 6.10 Å². The summed E-state index contributed by atoms with van der Waals surface area (Å²) in [5.74, 6) is 0.818. The second kappa shape index (κ2) is 9.19. The van der Waals surface area contributed by atoms with Crippen LogP contribution >= 0.6 is 12.4 Å². The summed E-state index contributed by atoms with van der Waals surface area (Å²) in [6, 6.07) is 8.04. The second-order valence-corrected chi connectivity index (χ2v) is 4.88. The molecule has 114 valence electrons. The van der Waals surface area contributed by atoms with Crippen molar-refractivity contribution in [3.8, 4) is 5.75 Å². The fourth-order valence-corrected chi connectivity index (χ4v) is 2.15. The van der Waals surface area contributed by atoms with Gasteiger partial charge in [-0.05, 0) is 24.1 Å². The van der Waals surface area contributed by atoms with Gasteiger partial charge in [-0.3, -0.25) is 4.90 Å². The lowest BCUT2D eigenvalue weighted by Gasteiger charge is -2.28. The number of ether oxygens (including phenoxy) is 2. The molecule has 1 atom stereocenters. The van der Waals surface area contributed by atoms with Gasteiger partial charge in [-0.1, -0.05) is 19.1 Å². The molecule has 0 aromatic heterocycles. The van der Waals surface area contributed by atoms with E-state index in [0.717, 1.165) is 38.5 Å². The molecule has 1 aromatic carbocycles. The zero-order valence-corrected chi connectivity index (χ0v) is 12.8. The summed E-state index contributed by atoms with van der Waals surface area (Å²) in [4.78, 5) is 2.21. The van der Waals surface area contributed by atoms with Crippen molar-refractivity contribution in [1.82, 2.24) is 4.90 Å². The molecule has 5 heteroatoms. The number of aryl methyl sites for hydroxylation is 1. The van der Waals surface area contributed by atoms with Crippen molar-refractivity contribution in [2.75, 3.05) is 39.5 Å². The van der Waals surface area contributed by atoms with E-state index >= 15 is 0 Å². The summed E-state index contributed by atoms with van der Waals surface area (Å²) in [5, 5.41) is 9.96. The molecule has 1 aromatic rings. The van der Waals surface area contributed by atoms with Gasteiger partial charge in [-0.15, -0.1) is 12.4 Å². The molecule has 0 radical (unpaired) electrons. The van der Waals surface area contributed by atoms with Crippen LogP contribution in [0.1, 0.15) is 12.5 Å². The molecule has 0 aliphatic carbocycles. The molecule has 1 N–H and O–H groups in total. The van der Waals surface area contributed by atoms with E-state index in [1.807, 2.05) is 12.1 Å². The number of morpholine rings is 1. The quantitative estimate of drug-likeness (QED) is 0.869. The Hall–Kier alpha value is -0.810. The molecular formula is C15H24ClNO3. The molecule has 1 aliphatic rings. The van der Waals surface area contributed by atoms with E-state index in [2.05, 4.69) is 24.0 Å². The fraction of sp³-hybridized carbons (Fsp3) is 0.600. The Morgan fingerprint density at radius 1 is 1.25 bits per heavy atom. The summed E-state index contributed by atoms with van der Waals surface area (Å²) in [5.41, 5.74) is 1.29. The molecule has 1 unspecified atom stereocenters. The highest BCUT2D eigenvalue weighted by atomic mass is 35.5. The predicted octanol–water partition coefficient (Wildman–Crippen LogP) is 1.74. The largest absolute Gasteiger partial charge is 0.491 e. The van der Waals surface area contributed by atoms with Gasteiger partial charge in [-0.25, -0.2) is 0 Å². The molecule has 1 aliphatic heterocycles. The van der Waals surface area contributed by atoms with E-state index in [-0.39, 0.29) is 12.4 Å². The van der Waals surface area contributed by atoms with Gasteiger partial charge in [0.15, 0.2) is 0 Å². The van der Waals surface area contributed by atoms with Crippen LogP contribution in [-0.2, 0) is 11.2 Å². The first-order chi connectivity index (χ1) is 9.28. The van der Waals surface area contributed by atoms with Crippen molar-refractivity contribution >= 4 is 12.4 Å². The van der Waals surface area contributed by atoms with Crippen LogP contribution in [0.2, 0.25) is 0 Å². The zero-order chi connectivity index (χ0) is 13.5. The van der Waals surface area contributed by atoms with Crippen molar-refractivity contribution in [2.24, 2.45) is 0 Å². The van der Waals surface area contributed by atoms with Crippen LogP contribution < -0.4 is 4.74 Å².